The first kappa shape index (κ1) is 43.0. The molecule has 0 aliphatic carbocycles. The Bertz CT molecular complexity index is 649. The Kier molecular flexibility index (Phi) is 27.1. The molecule has 0 amide bonds. The lowest BCUT2D eigenvalue weighted by atomic mass is 9.99. The third-order valence-corrected chi connectivity index (χ3v) is 8.32. The lowest BCUT2D eigenvalue weighted by Crippen LogP contribution is -3.00. The van der Waals surface area contributed by atoms with Crippen LogP contribution in [-0.2, 0) is 19.0 Å². The van der Waals surface area contributed by atoms with Gasteiger partial charge in [-0.05, 0) is 6.42 Å². The van der Waals surface area contributed by atoms with Gasteiger partial charge in [0.25, 0.3) is 0 Å². The van der Waals surface area contributed by atoms with Crippen LogP contribution >= 0.6 is 0 Å². The third-order valence-electron chi connectivity index (χ3n) is 8.32. The molecule has 9 heteroatoms. The molecule has 0 aromatic heterocycles. The first-order valence-electron chi connectivity index (χ1n) is 17.4. The van der Waals surface area contributed by atoms with E-state index in [4.69, 9.17) is 14.2 Å². The molecule has 0 aromatic carbocycles. The summed E-state index contributed by atoms with van der Waals surface area (Å²) in [4.78, 5) is 12.2. The molecule has 0 spiro atoms. The number of rotatable bonds is 27. The van der Waals surface area contributed by atoms with Crippen molar-refractivity contribution in [2.24, 2.45) is 0 Å². The van der Waals surface area contributed by atoms with Gasteiger partial charge < -0.3 is 58.0 Å². The van der Waals surface area contributed by atoms with Gasteiger partial charge >= 0.3 is 5.97 Å². The number of ether oxygens (including phenoxy) is 3. The lowest BCUT2D eigenvalue weighted by molar-refractivity contribution is -0.870. The summed E-state index contributed by atoms with van der Waals surface area (Å²) >= 11 is 0. The van der Waals surface area contributed by atoms with Gasteiger partial charge in [0, 0.05) is 12.8 Å². The van der Waals surface area contributed by atoms with Crippen LogP contribution in [0.4, 0.5) is 0 Å². The van der Waals surface area contributed by atoms with Crippen molar-refractivity contribution >= 4 is 5.97 Å². The molecule has 1 fully saturated rings. The van der Waals surface area contributed by atoms with Crippen LogP contribution in [0.25, 0.3) is 0 Å². The van der Waals surface area contributed by atoms with Crippen LogP contribution in [-0.4, -0.2) is 97.4 Å². The van der Waals surface area contributed by atoms with Gasteiger partial charge in [0.15, 0.2) is 6.29 Å². The molecule has 0 bridgehead atoms. The van der Waals surface area contributed by atoms with E-state index in [0.717, 1.165) is 36.7 Å². The van der Waals surface area contributed by atoms with E-state index in [-0.39, 0.29) is 36.6 Å². The number of hydrogen-bond acceptors (Lipinski definition) is 7. The fraction of sp³-hybridized carbons (Fsp3) is 0.971. The molecule has 0 radical (unpaired) electrons. The molecule has 1 aliphatic rings. The Morgan fingerprint density at radius 1 is 0.651 bits per heavy atom. The van der Waals surface area contributed by atoms with Crippen LogP contribution in [0, 0.1) is 0 Å². The highest BCUT2D eigenvalue weighted by molar-refractivity contribution is 5.69. The van der Waals surface area contributed by atoms with Gasteiger partial charge in [0.1, 0.15) is 31.0 Å². The highest BCUT2D eigenvalue weighted by atomic mass is 127. The quantitative estimate of drug-likeness (QED) is 0.0517. The number of esters is 1. The summed E-state index contributed by atoms with van der Waals surface area (Å²) < 4.78 is 17.4. The Morgan fingerprint density at radius 2 is 1.09 bits per heavy atom. The van der Waals surface area contributed by atoms with E-state index in [1.54, 1.807) is 0 Å². The largest absolute Gasteiger partial charge is 1.00 e. The van der Waals surface area contributed by atoms with Gasteiger partial charge in [-0.15, -0.1) is 0 Å². The van der Waals surface area contributed by atoms with E-state index in [9.17, 15) is 20.1 Å². The maximum Gasteiger partial charge on any atom is 0.305 e. The minimum atomic E-state index is -1.43. The highest BCUT2D eigenvalue weighted by Crippen LogP contribution is 2.23. The van der Waals surface area contributed by atoms with Crippen molar-refractivity contribution in [3.63, 3.8) is 0 Å². The molecule has 43 heavy (non-hydrogen) atoms. The number of halogens is 1. The van der Waals surface area contributed by atoms with Crippen LogP contribution in [0.5, 0.6) is 0 Å². The molecule has 1 rings (SSSR count). The number of hydrogen-bond donors (Lipinski definition) is 3. The fourth-order valence-corrected chi connectivity index (χ4v) is 5.53. The molecular formula is C34H68INO7. The Balaban J connectivity index is 0.0000176. The average Bonchev–Trinajstić information content (AvgIpc) is 2.95. The number of quaternary nitrogens is 1. The van der Waals surface area contributed by atoms with Crippen LogP contribution in [0.2, 0.25) is 0 Å². The molecule has 1 saturated heterocycles. The van der Waals surface area contributed by atoms with Crippen LogP contribution in [0.1, 0.15) is 142 Å². The fourth-order valence-electron chi connectivity index (χ4n) is 5.53. The van der Waals surface area contributed by atoms with Crippen LogP contribution in [0.15, 0.2) is 0 Å². The topological polar surface area (TPSA) is 105 Å². The molecule has 3 N–H and O–H groups in total. The first-order valence-corrected chi connectivity index (χ1v) is 17.4. The van der Waals surface area contributed by atoms with Crippen molar-refractivity contribution < 1.29 is 62.8 Å². The van der Waals surface area contributed by atoms with Gasteiger partial charge in [0.2, 0.25) is 0 Å². The maximum absolute atomic E-state index is 12.2. The van der Waals surface area contributed by atoms with E-state index < -0.39 is 30.7 Å². The van der Waals surface area contributed by atoms with E-state index >= 15 is 0 Å². The summed E-state index contributed by atoms with van der Waals surface area (Å²) in [6.45, 7) is 3.33. The minimum absolute atomic E-state index is 0. The molecule has 0 saturated carbocycles. The number of nitrogens with zero attached hydrogens (tertiary/aromatic N) is 1. The molecule has 1 heterocycles. The number of unbranched alkanes of at least 4 members (excludes halogenated alkanes) is 18. The van der Waals surface area contributed by atoms with E-state index in [0.29, 0.717) is 13.0 Å². The van der Waals surface area contributed by atoms with Gasteiger partial charge in [-0.25, -0.2) is 0 Å². The van der Waals surface area contributed by atoms with Gasteiger partial charge in [-0.1, -0.05) is 122 Å². The van der Waals surface area contributed by atoms with Crippen molar-refractivity contribution in [1.82, 2.24) is 0 Å². The summed E-state index contributed by atoms with van der Waals surface area (Å²) in [7, 11) is 6.24. The van der Waals surface area contributed by atoms with Crippen LogP contribution < -0.4 is 24.0 Å². The number of aliphatic hydroxyl groups excluding tert-OH is 3. The third kappa shape index (κ3) is 23.0. The summed E-state index contributed by atoms with van der Waals surface area (Å²) in [6.07, 6.45) is 19.8. The second-order valence-electron chi connectivity index (χ2n) is 13.5. The predicted molar refractivity (Wildman–Crippen MR) is 169 cm³/mol. The summed E-state index contributed by atoms with van der Waals surface area (Å²) in [5.74, 6) is -0.334. The van der Waals surface area contributed by atoms with Crippen molar-refractivity contribution in [1.29, 1.82) is 0 Å². The second kappa shape index (κ2) is 27.1. The molecule has 258 valence electrons. The van der Waals surface area contributed by atoms with Gasteiger partial charge in [0.05, 0.1) is 34.3 Å². The SMILES string of the molecule is CCCCCCCCCCCCCCCCCCCCCC(=O)OC[C@@H]1OC(OCCC[N+](C)(C)C)[C@@H](O)[C@@H](O)[C@@H]1O.[I-]. The molecular weight excluding hydrogens is 661 g/mol. The van der Waals surface area contributed by atoms with Crippen molar-refractivity contribution in [3.05, 3.63) is 0 Å². The number of carbonyl (C=O) groups is 1. The van der Waals surface area contributed by atoms with E-state index in [1.807, 2.05) is 0 Å². The zero-order chi connectivity index (χ0) is 31.1. The zero-order valence-corrected chi connectivity index (χ0v) is 30.3. The molecule has 8 nitrogen and oxygen atoms in total. The van der Waals surface area contributed by atoms with Crippen molar-refractivity contribution in [3.8, 4) is 0 Å². The Morgan fingerprint density at radius 3 is 1.53 bits per heavy atom. The van der Waals surface area contributed by atoms with E-state index in [2.05, 4.69) is 28.1 Å². The van der Waals surface area contributed by atoms with Gasteiger partial charge in [-0.2, -0.15) is 0 Å². The second-order valence-corrected chi connectivity index (χ2v) is 13.5. The summed E-state index contributed by atoms with van der Waals surface area (Å²) in [5.41, 5.74) is 0. The summed E-state index contributed by atoms with van der Waals surface area (Å²) in [6, 6.07) is 0. The van der Waals surface area contributed by atoms with E-state index in [1.165, 1.54) is 103 Å². The van der Waals surface area contributed by atoms with Crippen LogP contribution in [0.3, 0.4) is 0 Å². The number of aliphatic hydroxyl groups is 3. The van der Waals surface area contributed by atoms with Crippen molar-refractivity contribution in [2.75, 3.05) is 40.9 Å². The standard InChI is InChI=1S/C34H68NO7.HI/c1-5-6-7-8-9-10-11-12-13-14-15-16-17-18-19-20-21-22-23-25-30(36)41-28-29-31(37)32(38)33(39)34(42-29)40-27-24-26-35(2,3)4;/h29,31-34,37-39H,5-28H2,1-4H3;1H/q+1;/p-1/t29-,31+,32-,33-,34?;/m0./s1. The normalized spacial score (nSPS) is 22.3. The predicted octanol–water partition coefficient (Wildman–Crippen LogP) is 3.28. The molecule has 1 aliphatic heterocycles. The van der Waals surface area contributed by atoms with Crippen molar-refractivity contribution in [2.45, 2.75) is 172 Å². The monoisotopic (exact) mass is 729 g/mol. The average molecular weight is 730 g/mol. The lowest BCUT2D eigenvalue weighted by Gasteiger charge is -2.40. The molecule has 1 unspecified atom stereocenters. The Labute approximate surface area is 281 Å². The number of carbonyl (C=O) groups excluding carboxylic acids is 1. The highest BCUT2D eigenvalue weighted by Gasteiger charge is 2.44. The smallest absolute Gasteiger partial charge is 0.305 e. The first-order chi connectivity index (χ1) is 20.2. The van der Waals surface area contributed by atoms with Gasteiger partial charge in [-0.3, -0.25) is 4.79 Å². The summed E-state index contributed by atoms with van der Waals surface area (Å²) in [5, 5.41) is 30.7. The molecule has 5 atom stereocenters. The molecule has 0 aromatic rings. The Hall–Kier alpha value is -0.0400. The minimum Gasteiger partial charge on any atom is -1.00 e. The zero-order valence-electron chi connectivity index (χ0n) is 28.2. The maximum atomic E-state index is 12.2.